The topological polar surface area (TPSA) is 21.3 Å². The third-order valence-electron chi connectivity index (χ3n) is 3.85. The van der Waals surface area contributed by atoms with Crippen LogP contribution in [0.2, 0.25) is 0 Å². The summed E-state index contributed by atoms with van der Waals surface area (Å²) in [6, 6.07) is 0.579. The first-order valence-electron chi connectivity index (χ1n) is 6.85. The summed E-state index contributed by atoms with van der Waals surface area (Å²) in [5.74, 6) is 0.694. The first-order chi connectivity index (χ1) is 7.81. The average Bonchev–Trinajstić information content (AvgIpc) is 2.74. The van der Waals surface area contributed by atoms with Gasteiger partial charge in [0.1, 0.15) is 0 Å². The molecule has 1 heterocycles. The normalized spacial score (nSPS) is 32.5. The lowest BCUT2D eigenvalue weighted by molar-refractivity contribution is 0.118. The van der Waals surface area contributed by atoms with Gasteiger partial charge in [0, 0.05) is 12.0 Å². The van der Waals surface area contributed by atoms with Gasteiger partial charge in [-0.1, -0.05) is 18.6 Å². The van der Waals surface area contributed by atoms with Crippen LogP contribution in [0.1, 0.15) is 46.0 Å². The van der Waals surface area contributed by atoms with Crippen LogP contribution in [-0.4, -0.2) is 25.3 Å². The fourth-order valence-corrected chi connectivity index (χ4v) is 3.05. The Bertz CT molecular complexity index is 249. The molecule has 3 atom stereocenters. The second-order valence-electron chi connectivity index (χ2n) is 5.20. The molecular weight excluding hydrogens is 198 g/mol. The molecule has 1 aliphatic heterocycles. The van der Waals surface area contributed by atoms with Crippen LogP contribution >= 0.6 is 0 Å². The molecule has 2 nitrogen and oxygen atoms in total. The Balaban J connectivity index is 2.01. The molecule has 2 rings (SSSR count). The van der Waals surface area contributed by atoms with Crippen molar-refractivity contribution in [1.82, 2.24) is 5.32 Å². The second kappa shape index (κ2) is 5.83. The van der Waals surface area contributed by atoms with E-state index < -0.39 is 0 Å². The molecule has 0 aromatic rings. The molecule has 1 N–H and O–H groups in total. The molecule has 0 bridgehead atoms. The molecule has 0 amide bonds. The average molecular weight is 223 g/mol. The summed E-state index contributed by atoms with van der Waals surface area (Å²) >= 11 is 0. The number of likely N-dealkylation sites (N-methyl/N-ethyl adjacent to an activating group) is 1. The van der Waals surface area contributed by atoms with E-state index in [0.29, 0.717) is 18.1 Å². The number of rotatable bonds is 4. The van der Waals surface area contributed by atoms with E-state index >= 15 is 0 Å². The molecule has 92 valence electrons. The Morgan fingerprint density at radius 2 is 2.38 bits per heavy atom. The molecule has 2 aliphatic rings. The molecule has 0 saturated carbocycles. The van der Waals surface area contributed by atoms with E-state index in [4.69, 9.17) is 4.74 Å². The first kappa shape index (κ1) is 12.1. The van der Waals surface area contributed by atoms with Crippen molar-refractivity contribution >= 4 is 0 Å². The molecule has 0 aromatic carbocycles. The van der Waals surface area contributed by atoms with Gasteiger partial charge >= 0.3 is 0 Å². The van der Waals surface area contributed by atoms with Crippen molar-refractivity contribution in [2.24, 2.45) is 5.92 Å². The summed E-state index contributed by atoms with van der Waals surface area (Å²) in [7, 11) is 0. The van der Waals surface area contributed by atoms with Gasteiger partial charge in [-0.05, 0) is 45.6 Å². The molecule has 0 radical (unpaired) electrons. The maximum Gasteiger partial charge on any atom is 0.0551 e. The second-order valence-corrected chi connectivity index (χ2v) is 5.20. The van der Waals surface area contributed by atoms with Gasteiger partial charge in [-0.3, -0.25) is 0 Å². The minimum absolute atomic E-state index is 0.454. The highest BCUT2D eigenvalue weighted by molar-refractivity contribution is 5.15. The monoisotopic (exact) mass is 223 g/mol. The van der Waals surface area contributed by atoms with Crippen LogP contribution < -0.4 is 5.32 Å². The number of nitrogens with one attached hydrogen (secondary N) is 1. The van der Waals surface area contributed by atoms with Crippen LogP contribution in [-0.2, 0) is 4.74 Å². The summed E-state index contributed by atoms with van der Waals surface area (Å²) in [4.78, 5) is 0. The van der Waals surface area contributed by atoms with Gasteiger partial charge in [-0.2, -0.15) is 0 Å². The van der Waals surface area contributed by atoms with Crippen LogP contribution in [0.5, 0.6) is 0 Å². The van der Waals surface area contributed by atoms with E-state index in [1.54, 1.807) is 5.57 Å². The van der Waals surface area contributed by atoms with Crippen molar-refractivity contribution in [2.75, 3.05) is 13.2 Å². The largest absolute Gasteiger partial charge is 0.378 e. The van der Waals surface area contributed by atoms with Gasteiger partial charge in [-0.25, -0.2) is 0 Å². The smallest absolute Gasteiger partial charge is 0.0551 e. The zero-order valence-corrected chi connectivity index (χ0v) is 10.7. The number of allylic oxidation sites excluding steroid dienone is 1. The van der Waals surface area contributed by atoms with Crippen LogP contribution in [0, 0.1) is 5.92 Å². The Morgan fingerprint density at radius 1 is 1.50 bits per heavy atom. The van der Waals surface area contributed by atoms with Gasteiger partial charge in [0.15, 0.2) is 0 Å². The summed E-state index contributed by atoms with van der Waals surface area (Å²) < 4.78 is 5.72. The molecule has 1 fully saturated rings. The maximum atomic E-state index is 5.72. The third-order valence-corrected chi connectivity index (χ3v) is 3.85. The Kier molecular flexibility index (Phi) is 4.42. The maximum absolute atomic E-state index is 5.72. The predicted octanol–water partition coefficient (Wildman–Crippen LogP) is 2.89. The van der Waals surface area contributed by atoms with Gasteiger partial charge in [0.2, 0.25) is 0 Å². The minimum Gasteiger partial charge on any atom is -0.378 e. The third kappa shape index (κ3) is 2.86. The molecule has 1 aliphatic carbocycles. The number of hydrogen-bond donors (Lipinski definition) is 1. The van der Waals surface area contributed by atoms with Crippen molar-refractivity contribution in [2.45, 2.75) is 58.1 Å². The van der Waals surface area contributed by atoms with Crippen molar-refractivity contribution in [1.29, 1.82) is 0 Å². The molecule has 16 heavy (non-hydrogen) atoms. The SMILES string of the molecule is CCNC(C1=CCCCC1)C1COC(C)C1. The van der Waals surface area contributed by atoms with E-state index in [-0.39, 0.29) is 0 Å². The highest BCUT2D eigenvalue weighted by Gasteiger charge is 2.31. The molecule has 0 spiro atoms. The van der Waals surface area contributed by atoms with Gasteiger partial charge in [0.25, 0.3) is 0 Å². The highest BCUT2D eigenvalue weighted by Crippen LogP contribution is 2.30. The van der Waals surface area contributed by atoms with Crippen molar-refractivity contribution in [3.8, 4) is 0 Å². The lowest BCUT2D eigenvalue weighted by Crippen LogP contribution is -2.38. The fraction of sp³-hybridized carbons (Fsp3) is 0.857. The Morgan fingerprint density at radius 3 is 2.94 bits per heavy atom. The van der Waals surface area contributed by atoms with E-state index in [1.807, 2.05) is 0 Å². The van der Waals surface area contributed by atoms with Crippen molar-refractivity contribution < 1.29 is 4.74 Å². The lowest BCUT2D eigenvalue weighted by Gasteiger charge is -2.28. The lowest BCUT2D eigenvalue weighted by atomic mass is 9.85. The quantitative estimate of drug-likeness (QED) is 0.740. The molecule has 1 saturated heterocycles. The van der Waals surface area contributed by atoms with Gasteiger partial charge < -0.3 is 10.1 Å². The standard InChI is InChI=1S/C14H25NO/c1-3-15-14(12-7-5-4-6-8-12)13-9-11(2)16-10-13/h7,11,13-15H,3-6,8-10H2,1-2H3. The zero-order chi connectivity index (χ0) is 11.4. The molecule has 3 unspecified atom stereocenters. The first-order valence-corrected chi connectivity index (χ1v) is 6.85. The van der Waals surface area contributed by atoms with E-state index in [9.17, 15) is 0 Å². The highest BCUT2D eigenvalue weighted by atomic mass is 16.5. The summed E-state index contributed by atoms with van der Waals surface area (Å²) in [6.07, 6.45) is 9.46. The van der Waals surface area contributed by atoms with Gasteiger partial charge in [-0.15, -0.1) is 0 Å². The van der Waals surface area contributed by atoms with Crippen LogP contribution in [0.3, 0.4) is 0 Å². The van der Waals surface area contributed by atoms with Crippen molar-refractivity contribution in [3.63, 3.8) is 0 Å². The Labute approximate surface area is 99.4 Å². The van der Waals surface area contributed by atoms with Crippen LogP contribution in [0.4, 0.5) is 0 Å². The summed E-state index contributed by atoms with van der Waals surface area (Å²) in [5, 5.41) is 3.67. The van der Waals surface area contributed by atoms with Crippen LogP contribution in [0.25, 0.3) is 0 Å². The minimum atomic E-state index is 0.454. The van der Waals surface area contributed by atoms with E-state index in [0.717, 1.165) is 13.2 Å². The summed E-state index contributed by atoms with van der Waals surface area (Å²) in [5.41, 5.74) is 1.65. The molecule has 2 heteroatoms. The Hall–Kier alpha value is -0.340. The summed E-state index contributed by atoms with van der Waals surface area (Å²) in [6.45, 7) is 6.40. The number of hydrogen-bond acceptors (Lipinski definition) is 2. The molecular formula is C14H25NO. The fourth-order valence-electron chi connectivity index (χ4n) is 3.05. The van der Waals surface area contributed by atoms with Crippen LogP contribution in [0.15, 0.2) is 11.6 Å². The molecule has 0 aromatic heterocycles. The van der Waals surface area contributed by atoms with E-state index in [2.05, 4.69) is 25.2 Å². The van der Waals surface area contributed by atoms with Crippen molar-refractivity contribution in [3.05, 3.63) is 11.6 Å². The van der Waals surface area contributed by atoms with E-state index in [1.165, 1.54) is 32.1 Å². The predicted molar refractivity (Wildman–Crippen MR) is 67.5 cm³/mol. The zero-order valence-electron chi connectivity index (χ0n) is 10.7. The van der Waals surface area contributed by atoms with Gasteiger partial charge in [0.05, 0.1) is 12.7 Å². The number of ether oxygens (including phenoxy) is 1.